The molecule has 0 N–H and O–H groups in total. The van der Waals surface area contributed by atoms with E-state index in [1.807, 2.05) is 6.08 Å². The molecule has 1 spiro atoms. The molecule has 4 nitrogen and oxygen atoms in total. The van der Waals surface area contributed by atoms with Crippen molar-refractivity contribution in [3.05, 3.63) is 11.6 Å². The molecule has 0 atom stereocenters. The van der Waals surface area contributed by atoms with Crippen LogP contribution in [-0.4, -0.2) is 31.6 Å². The SMILES string of the molecule is CCOC(=O)C1=CCCC12OCCO2. The molecule has 4 heteroatoms. The van der Waals surface area contributed by atoms with Gasteiger partial charge < -0.3 is 14.2 Å². The highest BCUT2D eigenvalue weighted by Crippen LogP contribution is 2.38. The van der Waals surface area contributed by atoms with Crippen molar-refractivity contribution >= 4 is 5.97 Å². The quantitative estimate of drug-likeness (QED) is 0.621. The maximum Gasteiger partial charge on any atom is 0.339 e. The smallest absolute Gasteiger partial charge is 0.339 e. The Hall–Kier alpha value is -0.870. The van der Waals surface area contributed by atoms with E-state index >= 15 is 0 Å². The molecule has 1 heterocycles. The Morgan fingerprint density at radius 1 is 1.57 bits per heavy atom. The summed E-state index contributed by atoms with van der Waals surface area (Å²) < 4.78 is 15.9. The van der Waals surface area contributed by atoms with Gasteiger partial charge in [-0.3, -0.25) is 0 Å². The fourth-order valence-corrected chi connectivity index (χ4v) is 1.90. The van der Waals surface area contributed by atoms with Crippen molar-refractivity contribution in [2.24, 2.45) is 0 Å². The lowest BCUT2D eigenvalue weighted by Gasteiger charge is -2.23. The average Bonchev–Trinajstić information content (AvgIpc) is 2.78. The van der Waals surface area contributed by atoms with E-state index in [1.54, 1.807) is 6.92 Å². The molecule has 14 heavy (non-hydrogen) atoms. The van der Waals surface area contributed by atoms with Crippen LogP contribution in [0.4, 0.5) is 0 Å². The van der Waals surface area contributed by atoms with E-state index in [4.69, 9.17) is 14.2 Å². The summed E-state index contributed by atoms with van der Waals surface area (Å²) >= 11 is 0. The van der Waals surface area contributed by atoms with Crippen molar-refractivity contribution < 1.29 is 19.0 Å². The van der Waals surface area contributed by atoms with Crippen LogP contribution in [0.1, 0.15) is 19.8 Å². The first-order valence-electron chi connectivity index (χ1n) is 4.94. The monoisotopic (exact) mass is 198 g/mol. The fourth-order valence-electron chi connectivity index (χ4n) is 1.90. The van der Waals surface area contributed by atoms with E-state index in [1.165, 1.54) is 0 Å². The molecule has 1 fully saturated rings. The maximum absolute atomic E-state index is 11.6. The standard InChI is InChI=1S/C10H14O4/c1-2-12-9(11)8-4-3-5-10(8)13-6-7-14-10/h4H,2-3,5-7H2,1H3. The van der Waals surface area contributed by atoms with Crippen LogP contribution in [0.25, 0.3) is 0 Å². The van der Waals surface area contributed by atoms with Crippen LogP contribution in [0, 0.1) is 0 Å². The Labute approximate surface area is 82.8 Å². The summed E-state index contributed by atoms with van der Waals surface area (Å²) in [5, 5.41) is 0. The van der Waals surface area contributed by atoms with Crippen LogP contribution in [0.5, 0.6) is 0 Å². The highest BCUT2D eigenvalue weighted by molar-refractivity contribution is 5.91. The second kappa shape index (κ2) is 3.71. The number of carbonyl (C=O) groups excluding carboxylic acids is 1. The Balaban J connectivity index is 2.13. The fraction of sp³-hybridized carbons (Fsp3) is 0.700. The first-order chi connectivity index (χ1) is 6.78. The van der Waals surface area contributed by atoms with E-state index in [9.17, 15) is 4.79 Å². The third-order valence-electron chi connectivity index (χ3n) is 2.48. The first-order valence-corrected chi connectivity index (χ1v) is 4.94. The van der Waals surface area contributed by atoms with Gasteiger partial charge in [-0.25, -0.2) is 4.79 Å². The lowest BCUT2D eigenvalue weighted by Crippen LogP contribution is -2.34. The molecular weight excluding hydrogens is 184 g/mol. The number of rotatable bonds is 2. The van der Waals surface area contributed by atoms with Gasteiger partial charge >= 0.3 is 5.97 Å². The minimum absolute atomic E-state index is 0.313. The van der Waals surface area contributed by atoms with Gasteiger partial charge in [-0.2, -0.15) is 0 Å². The Kier molecular flexibility index (Phi) is 2.56. The predicted octanol–water partition coefficient (Wildman–Crippen LogP) is 1.01. The molecule has 0 radical (unpaired) electrons. The number of allylic oxidation sites excluding steroid dienone is 1. The molecule has 0 aromatic carbocycles. The zero-order valence-electron chi connectivity index (χ0n) is 8.25. The topological polar surface area (TPSA) is 44.8 Å². The minimum atomic E-state index is -0.785. The van der Waals surface area contributed by atoms with Gasteiger partial charge in [0.25, 0.3) is 0 Å². The molecule has 0 aromatic rings. The summed E-state index contributed by atoms with van der Waals surface area (Å²) in [6.07, 6.45) is 3.39. The third-order valence-corrected chi connectivity index (χ3v) is 2.48. The molecular formula is C10H14O4. The highest BCUT2D eigenvalue weighted by Gasteiger charge is 2.46. The van der Waals surface area contributed by atoms with E-state index in [-0.39, 0.29) is 5.97 Å². The number of carbonyl (C=O) groups is 1. The van der Waals surface area contributed by atoms with E-state index in [0.717, 1.165) is 12.8 Å². The highest BCUT2D eigenvalue weighted by atomic mass is 16.7. The normalized spacial score (nSPS) is 23.9. The van der Waals surface area contributed by atoms with Crippen LogP contribution in [0.15, 0.2) is 11.6 Å². The molecule has 2 rings (SSSR count). The zero-order valence-corrected chi connectivity index (χ0v) is 8.25. The van der Waals surface area contributed by atoms with Crippen molar-refractivity contribution in [2.75, 3.05) is 19.8 Å². The number of hydrogen-bond donors (Lipinski definition) is 0. The largest absolute Gasteiger partial charge is 0.462 e. The molecule has 0 amide bonds. The lowest BCUT2D eigenvalue weighted by molar-refractivity contribution is -0.155. The molecule has 1 saturated heterocycles. The molecule has 78 valence electrons. The number of esters is 1. The van der Waals surface area contributed by atoms with Gasteiger partial charge in [0.1, 0.15) is 0 Å². The van der Waals surface area contributed by atoms with Gasteiger partial charge in [0, 0.05) is 6.42 Å². The average molecular weight is 198 g/mol. The summed E-state index contributed by atoms with van der Waals surface area (Å²) in [7, 11) is 0. The van der Waals surface area contributed by atoms with Crippen molar-refractivity contribution in [1.82, 2.24) is 0 Å². The Bertz CT molecular complexity index is 263. The van der Waals surface area contributed by atoms with Crippen LogP contribution in [-0.2, 0) is 19.0 Å². The molecule has 1 aliphatic heterocycles. The van der Waals surface area contributed by atoms with E-state index in [2.05, 4.69) is 0 Å². The minimum Gasteiger partial charge on any atom is -0.462 e. The summed E-state index contributed by atoms with van der Waals surface area (Å²) in [5.74, 6) is -1.10. The molecule has 1 aliphatic carbocycles. The van der Waals surface area contributed by atoms with Crippen molar-refractivity contribution in [1.29, 1.82) is 0 Å². The van der Waals surface area contributed by atoms with Crippen LogP contribution in [0.2, 0.25) is 0 Å². The Morgan fingerprint density at radius 3 is 2.93 bits per heavy atom. The van der Waals surface area contributed by atoms with Crippen LogP contribution < -0.4 is 0 Å². The van der Waals surface area contributed by atoms with Crippen molar-refractivity contribution in [3.63, 3.8) is 0 Å². The van der Waals surface area contributed by atoms with Crippen molar-refractivity contribution in [2.45, 2.75) is 25.6 Å². The van der Waals surface area contributed by atoms with E-state index < -0.39 is 5.79 Å². The van der Waals surface area contributed by atoms with Gasteiger partial charge in [-0.15, -0.1) is 0 Å². The van der Waals surface area contributed by atoms with Gasteiger partial charge in [-0.05, 0) is 13.3 Å². The maximum atomic E-state index is 11.6. The third kappa shape index (κ3) is 1.44. The first kappa shape index (κ1) is 9.68. The number of ether oxygens (including phenoxy) is 3. The lowest BCUT2D eigenvalue weighted by atomic mass is 10.1. The van der Waals surface area contributed by atoms with Gasteiger partial charge in [0.05, 0.1) is 25.4 Å². The van der Waals surface area contributed by atoms with Gasteiger partial charge in [0.15, 0.2) is 0 Å². The Morgan fingerprint density at radius 2 is 2.29 bits per heavy atom. The second-order valence-electron chi connectivity index (χ2n) is 3.33. The van der Waals surface area contributed by atoms with E-state index in [0.29, 0.717) is 25.4 Å². The summed E-state index contributed by atoms with van der Waals surface area (Å²) in [6.45, 7) is 3.27. The predicted molar refractivity (Wildman–Crippen MR) is 48.6 cm³/mol. The molecule has 0 aromatic heterocycles. The van der Waals surface area contributed by atoms with Crippen LogP contribution >= 0.6 is 0 Å². The molecule has 2 aliphatic rings. The molecule has 0 bridgehead atoms. The second-order valence-corrected chi connectivity index (χ2v) is 3.33. The van der Waals surface area contributed by atoms with Crippen LogP contribution in [0.3, 0.4) is 0 Å². The summed E-state index contributed by atoms with van der Waals surface area (Å²) in [4.78, 5) is 11.6. The number of hydrogen-bond acceptors (Lipinski definition) is 4. The molecule has 0 saturated carbocycles. The summed E-state index contributed by atoms with van der Waals surface area (Å²) in [5.41, 5.74) is 0.539. The summed E-state index contributed by atoms with van der Waals surface area (Å²) in [6, 6.07) is 0. The zero-order chi connectivity index (χ0) is 10.0. The van der Waals surface area contributed by atoms with Crippen molar-refractivity contribution in [3.8, 4) is 0 Å². The molecule has 0 unspecified atom stereocenters. The van der Waals surface area contributed by atoms with Gasteiger partial charge in [0.2, 0.25) is 5.79 Å². The van der Waals surface area contributed by atoms with Gasteiger partial charge in [-0.1, -0.05) is 6.08 Å².